The highest BCUT2D eigenvalue weighted by atomic mass is 19.1. The molecule has 1 aromatic carbocycles. The van der Waals surface area contributed by atoms with Crippen LogP contribution >= 0.6 is 0 Å². The van der Waals surface area contributed by atoms with Gasteiger partial charge in [0.1, 0.15) is 11.4 Å². The topological polar surface area (TPSA) is 70.7 Å². The average molecular weight is 337 g/mol. The summed E-state index contributed by atoms with van der Waals surface area (Å²) in [5.74, 6) is -0.360. The highest BCUT2D eigenvalue weighted by Crippen LogP contribution is 2.16. The van der Waals surface area contributed by atoms with Crippen LogP contribution in [0, 0.1) is 5.82 Å². The van der Waals surface area contributed by atoms with E-state index in [4.69, 9.17) is 4.74 Å². The van der Waals surface area contributed by atoms with E-state index in [1.165, 1.54) is 24.3 Å². The van der Waals surface area contributed by atoms with Crippen LogP contribution in [0.3, 0.4) is 0 Å². The van der Waals surface area contributed by atoms with Crippen LogP contribution in [0.4, 0.5) is 19.7 Å². The molecule has 0 radical (unpaired) electrons. The second-order valence-corrected chi connectivity index (χ2v) is 6.87. The number of hydrogen-bond acceptors (Lipinski definition) is 3. The van der Waals surface area contributed by atoms with Crippen molar-refractivity contribution in [3.63, 3.8) is 0 Å². The van der Waals surface area contributed by atoms with Gasteiger partial charge in [0.2, 0.25) is 0 Å². The largest absolute Gasteiger partial charge is 0.444 e. The predicted molar refractivity (Wildman–Crippen MR) is 89.4 cm³/mol. The molecule has 6 nitrogen and oxygen atoms in total. The molecule has 132 valence electrons. The zero-order valence-electron chi connectivity index (χ0n) is 14.3. The minimum absolute atomic E-state index is 0.147. The molecule has 0 bridgehead atoms. The zero-order valence-corrected chi connectivity index (χ0v) is 14.3. The molecular weight excluding hydrogens is 313 g/mol. The Morgan fingerprint density at radius 2 is 1.92 bits per heavy atom. The standard InChI is InChI=1S/C17H24FN3O3/c1-17(2,3)24-16(23)21-10-4-5-14(11-21)20-15(22)19-13-8-6-12(18)7-9-13/h6-9,14H,4-5,10-11H2,1-3H3,(H2,19,20,22)/t14-/m0/s1. The highest BCUT2D eigenvalue weighted by Gasteiger charge is 2.28. The van der Waals surface area contributed by atoms with Crippen LogP contribution in [0.5, 0.6) is 0 Å². The molecule has 0 spiro atoms. The van der Waals surface area contributed by atoms with Crippen molar-refractivity contribution in [2.24, 2.45) is 0 Å². The van der Waals surface area contributed by atoms with E-state index in [0.717, 1.165) is 12.8 Å². The number of ether oxygens (including phenoxy) is 1. The van der Waals surface area contributed by atoms with Crippen LogP contribution in [0.25, 0.3) is 0 Å². The van der Waals surface area contributed by atoms with Gasteiger partial charge in [-0.15, -0.1) is 0 Å². The number of benzene rings is 1. The molecule has 0 aromatic heterocycles. The first-order valence-corrected chi connectivity index (χ1v) is 8.04. The Morgan fingerprint density at radius 3 is 2.54 bits per heavy atom. The Morgan fingerprint density at radius 1 is 1.25 bits per heavy atom. The quantitative estimate of drug-likeness (QED) is 0.869. The van der Waals surface area contributed by atoms with Gasteiger partial charge in [-0.1, -0.05) is 0 Å². The van der Waals surface area contributed by atoms with E-state index < -0.39 is 5.60 Å². The first kappa shape index (κ1) is 18.0. The van der Waals surface area contributed by atoms with Crippen molar-refractivity contribution >= 4 is 17.8 Å². The van der Waals surface area contributed by atoms with E-state index in [0.29, 0.717) is 18.8 Å². The molecule has 7 heteroatoms. The Hall–Kier alpha value is -2.31. The number of amides is 3. The van der Waals surface area contributed by atoms with E-state index in [9.17, 15) is 14.0 Å². The van der Waals surface area contributed by atoms with E-state index in [1.54, 1.807) is 4.90 Å². The summed E-state index contributed by atoms with van der Waals surface area (Å²) in [6.45, 7) is 6.49. The normalized spacial score (nSPS) is 18.0. The third-order valence-corrected chi connectivity index (χ3v) is 3.51. The van der Waals surface area contributed by atoms with Crippen molar-refractivity contribution in [3.05, 3.63) is 30.1 Å². The summed E-state index contributed by atoms with van der Waals surface area (Å²) in [7, 11) is 0. The van der Waals surface area contributed by atoms with Crippen LogP contribution in [-0.4, -0.2) is 41.8 Å². The molecule has 24 heavy (non-hydrogen) atoms. The average Bonchev–Trinajstić information content (AvgIpc) is 2.48. The molecule has 0 unspecified atom stereocenters. The molecule has 1 atom stereocenters. The Balaban J connectivity index is 1.84. The van der Waals surface area contributed by atoms with Crippen LogP contribution < -0.4 is 10.6 Å². The first-order valence-electron chi connectivity index (χ1n) is 8.04. The number of hydrogen-bond donors (Lipinski definition) is 2. The maximum Gasteiger partial charge on any atom is 0.410 e. The van der Waals surface area contributed by atoms with Crippen molar-refractivity contribution in [2.45, 2.75) is 45.3 Å². The van der Waals surface area contributed by atoms with Crippen molar-refractivity contribution in [1.29, 1.82) is 0 Å². The summed E-state index contributed by atoms with van der Waals surface area (Å²) in [6.07, 6.45) is 1.21. The fraction of sp³-hybridized carbons (Fsp3) is 0.529. The minimum Gasteiger partial charge on any atom is -0.444 e. The first-order chi connectivity index (χ1) is 11.2. The number of rotatable bonds is 2. The predicted octanol–water partition coefficient (Wildman–Crippen LogP) is 3.35. The number of anilines is 1. The summed E-state index contributed by atoms with van der Waals surface area (Å²) in [5.41, 5.74) is -0.0362. The SMILES string of the molecule is CC(C)(C)OC(=O)N1CCC[C@H](NC(=O)Nc2ccc(F)cc2)C1. The molecule has 1 aromatic rings. The van der Waals surface area contributed by atoms with Gasteiger partial charge in [0.15, 0.2) is 0 Å². The number of halogens is 1. The molecule has 1 heterocycles. The number of likely N-dealkylation sites (tertiary alicyclic amines) is 1. The van der Waals surface area contributed by atoms with E-state index in [2.05, 4.69) is 10.6 Å². The lowest BCUT2D eigenvalue weighted by Crippen LogP contribution is -2.51. The lowest BCUT2D eigenvalue weighted by atomic mass is 10.1. The van der Waals surface area contributed by atoms with Gasteiger partial charge >= 0.3 is 12.1 Å². The van der Waals surface area contributed by atoms with Crippen LogP contribution in [0.2, 0.25) is 0 Å². The molecule has 1 saturated heterocycles. The van der Waals surface area contributed by atoms with Gasteiger partial charge in [-0.25, -0.2) is 14.0 Å². The third kappa shape index (κ3) is 5.72. The fourth-order valence-electron chi connectivity index (χ4n) is 2.47. The number of nitrogens with zero attached hydrogens (tertiary/aromatic N) is 1. The van der Waals surface area contributed by atoms with Gasteiger partial charge in [0.25, 0.3) is 0 Å². The minimum atomic E-state index is -0.544. The number of piperidine rings is 1. The van der Waals surface area contributed by atoms with E-state index >= 15 is 0 Å². The van der Waals surface area contributed by atoms with Crippen LogP contribution in [0.1, 0.15) is 33.6 Å². The van der Waals surface area contributed by atoms with E-state index in [1.807, 2.05) is 20.8 Å². The molecule has 2 N–H and O–H groups in total. The maximum atomic E-state index is 12.9. The van der Waals surface area contributed by atoms with Crippen molar-refractivity contribution < 1.29 is 18.7 Å². The summed E-state index contributed by atoms with van der Waals surface area (Å²) >= 11 is 0. The number of nitrogens with one attached hydrogen (secondary N) is 2. The molecule has 1 fully saturated rings. The second kappa shape index (κ2) is 7.51. The Kier molecular flexibility index (Phi) is 5.64. The number of carbonyl (C=O) groups excluding carboxylic acids is 2. The van der Waals surface area contributed by atoms with Crippen molar-refractivity contribution in [1.82, 2.24) is 10.2 Å². The Labute approximate surface area is 141 Å². The summed E-state index contributed by atoms with van der Waals surface area (Å²) < 4.78 is 18.2. The molecule has 2 rings (SSSR count). The number of carbonyl (C=O) groups is 2. The molecule has 1 aliphatic heterocycles. The van der Waals surface area contributed by atoms with Crippen LogP contribution in [-0.2, 0) is 4.74 Å². The molecule has 0 aliphatic carbocycles. The van der Waals surface area contributed by atoms with Crippen LogP contribution in [0.15, 0.2) is 24.3 Å². The van der Waals surface area contributed by atoms with Gasteiger partial charge in [0, 0.05) is 24.8 Å². The summed E-state index contributed by atoms with van der Waals surface area (Å²) in [5, 5.41) is 5.48. The summed E-state index contributed by atoms with van der Waals surface area (Å²) in [4.78, 5) is 25.7. The zero-order chi connectivity index (χ0) is 17.7. The lowest BCUT2D eigenvalue weighted by molar-refractivity contribution is 0.0191. The summed E-state index contributed by atoms with van der Waals surface area (Å²) in [6, 6.07) is 5.01. The maximum absolute atomic E-state index is 12.9. The van der Waals surface area contributed by atoms with Gasteiger partial charge in [0.05, 0.1) is 0 Å². The number of urea groups is 1. The van der Waals surface area contributed by atoms with Crippen molar-refractivity contribution in [2.75, 3.05) is 18.4 Å². The van der Waals surface area contributed by atoms with Gasteiger partial charge in [-0.2, -0.15) is 0 Å². The molecule has 1 aliphatic rings. The molecule has 0 saturated carbocycles. The highest BCUT2D eigenvalue weighted by molar-refractivity contribution is 5.89. The van der Waals surface area contributed by atoms with Gasteiger partial charge in [-0.3, -0.25) is 0 Å². The lowest BCUT2D eigenvalue weighted by Gasteiger charge is -2.34. The van der Waals surface area contributed by atoms with Gasteiger partial charge < -0.3 is 20.3 Å². The third-order valence-electron chi connectivity index (χ3n) is 3.51. The van der Waals surface area contributed by atoms with Crippen molar-refractivity contribution in [3.8, 4) is 0 Å². The molecular formula is C17H24FN3O3. The Bertz CT molecular complexity index is 584. The molecule has 3 amide bonds. The van der Waals surface area contributed by atoms with E-state index in [-0.39, 0.29) is 24.0 Å². The fourth-order valence-corrected chi connectivity index (χ4v) is 2.47. The van der Waals surface area contributed by atoms with Gasteiger partial charge in [-0.05, 0) is 57.9 Å². The monoisotopic (exact) mass is 337 g/mol. The second-order valence-electron chi connectivity index (χ2n) is 6.87. The smallest absolute Gasteiger partial charge is 0.410 e.